The summed E-state index contributed by atoms with van der Waals surface area (Å²) in [7, 11) is 0. The van der Waals surface area contributed by atoms with E-state index in [9.17, 15) is 18.8 Å². The van der Waals surface area contributed by atoms with Gasteiger partial charge in [0.25, 0.3) is 11.8 Å². The number of amides is 3. The van der Waals surface area contributed by atoms with Crippen LogP contribution in [0.5, 0.6) is 0 Å². The minimum atomic E-state index is -1.56. The number of nitrogens with one attached hydrogen (secondary N) is 2. The van der Waals surface area contributed by atoms with Gasteiger partial charge in [-0.1, -0.05) is 30.7 Å². The molecule has 4 aliphatic rings. The van der Waals surface area contributed by atoms with Crippen LogP contribution >= 0.6 is 0 Å². The van der Waals surface area contributed by atoms with Gasteiger partial charge in [-0.25, -0.2) is 13.8 Å². The van der Waals surface area contributed by atoms with Crippen molar-refractivity contribution in [3.05, 3.63) is 82.8 Å². The average Bonchev–Trinajstić information content (AvgIpc) is 3.44. The molecule has 2 unspecified atom stereocenters. The predicted molar refractivity (Wildman–Crippen MR) is 180 cm³/mol. The van der Waals surface area contributed by atoms with Gasteiger partial charge in [-0.3, -0.25) is 19.1 Å². The molecular weight excluding hydrogens is 616 g/mol. The standard InChI is InChI=1S/C36H41F2N7O3/c1-22-17-19-45-33-23(8-5-3-2-4-6-10-30(46)41-22)21-40-34(39)31(33)32(43-45)27-16-13-25(20-29(27)38)42-35(47)28-9-7-18-44(36(28)48)26-14-11-24(37)12-15-26/h5,8-9,11,13-14,16,20-22,27,29H,2-4,6-7,10,12,15,17-19H2,1H3,(H2,39,40)(H,41,46)(H,42,47)/b8-5+/t22-,27?,29?/m1/s1. The van der Waals surface area contributed by atoms with Crippen LogP contribution in [0.15, 0.2) is 71.5 Å². The normalized spacial score (nSPS) is 24.8. The lowest BCUT2D eigenvalue weighted by atomic mass is 9.92. The van der Waals surface area contributed by atoms with Gasteiger partial charge in [0.2, 0.25) is 5.91 Å². The van der Waals surface area contributed by atoms with Crippen LogP contribution in [0.25, 0.3) is 17.0 Å². The summed E-state index contributed by atoms with van der Waals surface area (Å²) in [4.78, 5) is 44.8. The number of pyridine rings is 1. The summed E-state index contributed by atoms with van der Waals surface area (Å²) in [6.45, 7) is 2.83. The summed E-state index contributed by atoms with van der Waals surface area (Å²) in [5.74, 6) is -1.88. The average molecular weight is 658 g/mol. The molecule has 2 aromatic heterocycles. The highest BCUT2D eigenvalue weighted by Gasteiger charge is 2.32. The third-order valence-electron chi connectivity index (χ3n) is 9.19. The molecule has 2 aliphatic carbocycles. The lowest BCUT2D eigenvalue weighted by molar-refractivity contribution is -0.129. The van der Waals surface area contributed by atoms with Crippen molar-refractivity contribution in [2.75, 3.05) is 12.3 Å². The third kappa shape index (κ3) is 7.17. The second-order valence-corrected chi connectivity index (χ2v) is 12.7. The van der Waals surface area contributed by atoms with E-state index >= 15 is 4.39 Å². The number of carbonyl (C=O) groups excluding carboxylic acids is 3. The molecule has 48 heavy (non-hydrogen) atoms. The first-order valence-corrected chi connectivity index (χ1v) is 16.7. The van der Waals surface area contributed by atoms with Crippen LogP contribution in [-0.4, -0.2) is 56.1 Å². The second-order valence-electron chi connectivity index (χ2n) is 12.7. The molecule has 252 valence electrons. The SMILES string of the molecule is C[C@@H]1CCn2nc(C3C=CC(NC(=O)C4=CCCN(C5=CC=C(F)CC5)C4=O)=CC3F)c3c(N)ncc(c32)/C=C/CCCCCC(=O)N1. The topological polar surface area (TPSA) is 135 Å². The predicted octanol–water partition coefficient (Wildman–Crippen LogP) is 5.57. The first-order chi connectivity index (χ1) is 23.2. The summed E-state index contributed by atoms with van der Waals surface area (Å²) in [5.41, 5.74) is 9.29. The quantitative estimate of drug-likeness (QED) is 0.368. The molecule has 3 atom stereocenters. The Hall–Kier alpha value is -4.87. The van der Waals surface area contributed by atoms with Gasteiger partial charge < -0.3 is 21.3 Å². The van der Waals surface area contributed by atoms with Gasteiger partial charge in [-0.05, 0) is 69.8 Å². The van der Waals surface area contributed by atoms with Crippen molar-refractivity contribution in [2.45, 2.75) is 89.4 Å². The number of nitrogens with two attached hydrogens (primary N) is 1. The molecule has 6 rings (SSSR count). The van der Waals surface area contributed by atoms with E-state index in [4.69, 9.17) is 10.8 Å². The van der Waals surface area contributed by atoms with Crippen molar-refractivity contribution in [1.82, 2.24) is 30.3 Å². The molecule has 0 saturated heterocycles. The molecule has 2 aliphatic heterocycles. The van der Waals surface area contributed by atoms with Crippen LogP contribution < -0.4 is 16.4 Å². The van der Waals surface area contributed by atoms with Crippen LogP contribution in [0.1, 0.15) is 81.9 Å². The van der Waals surface area contributed by atoms with E-state index < -0.39 is 23.9 Å². The molecule has 0 spiro atoms. The van der Waals surface area contributed by atoms with Crippen molar-refractivity contribution < 1.29 is 23.2 Å². The number of aromatic nitrogens is 3. The largest absolute Gasteiger partial charge is 0.383 e. The van der Waals surface area contributed by atoms with Crippen LogP contribution in [0.3, 0.4) is 0 Å². The van der Waals surface area contributed by atoms with Gasteiger partial charge in [0.15, 0.2) is 0 Å². The summed E-state index contributed by atoms with van der Waals surface area (Å²) >= 11 is 0. The Morgan fingerprint density at radius 1 is 1.08 bits per heavy atom. The zero-order valence-corrected chi connectivity index (χ0v) is 27.1. The highest BCUT2D eigenvalue weighted by Crippen LogP contribution is 2.37. The molecule has 2 aromatic rings. The summed E-state index contributed by atoms with van der Waals surface area (Å²) in [5, 5.41) is 11.2. The Morgan fingerprint density at radius 3 is 2.73 bits per heavy atom. The smallest absolute Gasteiger partial charge is 0.263 e. The molecule has 0 fully saturated rings. The molecule has 4 heterocycles. The number of aryl methyl sites for hydroxylation is 1. The molecule has 4 N–H and O–H groups in total. The summed E-state index contributed by atoms with van der Waals surface area (Å²) in [6.07, 6.45) is 19.0. The summed E-state index contributed by atoms with van der Waals surface area (Å²) < 4.78 is 31.4. The molecule has 12 heteroatoms. The number of allylic oxidation sites excluding steroid dienone is 8. The molecular formula is C36H41F2N7O3. The molecule has 0 saturated carbocycles. The van der Waals surface area contributed by atoms with Crippen molar-refractivity contribution in [3.63, 3.8) is 0 Å². The van der Waals surface area contributed by atoms with Crippen LogP contribution in [0, 0.1) is 0 Å². The third-order valence-corrected chi connectivity index (χ3v) is 9.19. The molecule has 10 nitrogen and oxygen atoms in total. The number of rotatable bonds is 4. The van der Waals surface area contributed by atoms with E-state index in [0.29, 0.717) is 55.5 Å². The van der Waals surface area contributed by atoms with E-state index in [-0.39, 0.29) is 41.3 Å². The minimum absolute atomic E-state index is 0.0348. The van der Waals surface area contributed by atoms with E-state index in [0.717, 1.165) is 36.8 Å². The van der Waals surface area contributed by atoms with Gasteiger partial charge in [0.05, 0.1) is 22.5 Å². The maximum absolute atomic E-state index is 16.0. The Labute approximate surface area is 278 Å². The van der Waals surface area contributed by atoms with Crippen molar-refractivity contribution >= 4 is 40.5 Å². The molecule has 3 amide bonds. The Kier molecular flexibility index (Phi) is 9.98. The number of hydrogen-bond donors (Lipinski definition) is 3. The highest BCUT2D eigenvalue weighted by atomic mass is 19.1. The van der Waals surface area contributed by atoms with Crippen LogP contribution in [0.4, 0.5) is 14.6 Å². The van der Waals surface area contributed by atoms with Gasteiger partial charge in [0.1, 0.15) is 23.4 Å². The Bertz CT molecular complexity index is 1800. The van der Waals surface area contributed by atoms with Crippen LogP contribution in [-0.2, 0) is 20.9 Å². The van der Waals surface area contributed by atoms with E-state index in [1.54, 1.807) is 30.5 Å². The van der Waals surface area contributed by atoms with Gasteiger partial charge in [-0.15, -0.1) is 0 Å². The fourth-order valence-corrected chi connectivity index (χ4v) is 6.61. The fourth-order valence-electron chi connectivity index (χ4n) is 6.61. The number of carbonyl (C=O) groups is 3. The van der Waals surface area contributed by atoms with Gasteiger partial charge >= 0.3 is 0 Å². The zero-order chi connectivity index (χ0) is 33.8. The highest BCUT2D eigenvalue weighted by molar-refractivity contribution is 6.19. The first-order valence-electron chi connectivity index (χ1n) is 16.7. The first kappa shape index (κ1) is 33.0. The van der Waals surface area contributed by atoms with Gasteiger partial charge in [-0.2, -0.15) is 5.10 Å². The van der Waals surface area contributed by atoms with E-state index in [1.165, 1.54) is 17.1 Å². The van der Waals surface area contributed by atoms with E-state index in [2.05, 4.69) is 21.7 Å². The van der Waals surface area contributed by atoms with Crippen molar-refractivity contribution in [3.8, 4) is 0 Å². The monoisotopic (exact) mass is 657 g/mol. The zero-order valence-electron chi connectivity index (χ0n) is 27.1. The number of nitrogen functional groups attached to an aromatic ring is 1. The lowest BCUT2D eigenvalue weighted by Gasteiger charge is -2.30. The van der Waals surface area contributed by atoms with Crippen LogP contribution in [0.2, 0.25) is 0 Å². The molecule has 0 radical (unpaired) electrons. The maximum atomic E-state index is 16.0. The number of nitrogens with zero attached hydrogens (tertiary/aromatic N) is 4. The number of hydrogen-bond acceptors (Lipinski definition) is 6. The number of halogens is 2. The second kappa shape index (κ2) is 14.5. The van der Waals surface area contributed by atoms with Crippen molar-refractivity contribution in [1.29, 1.82) is 0 Å². The molecule has 0 bridgehead atoms. The molecule has 0 aromatic carbocycles. The number of anilines is 1. The minimum Gasteiger partial charge on any atom is -0.383 e. The fraction of sp³-hybridized carbons (Fsp3) is 0.417. The van der Waals surface area contributed by atoms with Gasteiger partial charge in [0, 0.05) is 55.1 Å². The lowest BCUT2D eigenvalue weighted by Crippen LogP contribution is -2.40. The number of alkyl halides is 1. The summed E-state index contributed by atoms with van der Waals surface area (Å²) in [6, 6.07) is -0.0847. The Morgan fingerprint density at radius 2 is 1.94 bits per heavy atom. The Balaban J connectivity index is 1.23. The maximum Gasteiger partial charge on any atom is 0.263 e. The van der Waals surface area contributed by atoms with Crippen molar-refractivity contribution in [2.24, 2.45) is 0 Å². The van der Waals surface area contributed by atoms with E-state index in [1.807, 2.05) is 17.7 Å².